The normalized spacial score (nSPS) is 47.2. The Bertz CT molecular complexity index is 1560. The smallest absolute Gasteiger partial charge is 0.217 e. The lowest BCUT2D eigenvalue weighted by Gasteiger charge is -2.51. The molecule has 5 saturated heterocycles. The molecule has 31 nitrogen and oxygen atoms in total. The molecule has 404 valence electrons. The summed E-state index contributed by atoms with van der Waals surface area (Å²) in [6.07, 6.45) is -54.5. The number of hydrogen-bond acceptors (Lipinski definition) is 30. The first-order chi connectivity index (χ1) is 32.6. The highest BCUT2D eigenvalue weighted by atomic mass is 16.8. The second-order valence-corrected chi connectivity index (χ2v) is 17.2. The van der Waals surface area contributed by atoms with E-state index in [1.54, 1.807) is 0 Å². The zero-order valence-electron chi connectivity index (χ0n) is 37.0. The lowest BCUT2D eigenvalue weighted by atomic mass is 9.94. The van der Waals surface area contributed by atoms with Gasteiger partial charge in [0.1, 0.15) is 140 Å². The molecule has 5 aliphatic rings. The van der Waals surface area contributed by atoms with Crippen LogP contribution in [0.1, 0.15) is 13.8 Å². The van der Waals surface area contributed by atoms with Crippen molar-refractivity contribution in [2.45, 2.75) is 192 Å². The summed E-state index contributed by atoms with van der Waals surface area (Å²) < 4.78 is 57.6. The van der Waals surface area contributed by atoms with Crippen molar-refractivity contribution in [2.24, 2.45) is 0 Å². The van der Waals surface area contributed by atoms with Crippen LogP contribution in [0.3, 0.4) is 0 Å². The summed E-state index contributed by atoms with van der Waals surface area (Å²) in [6, 6.07) is -1.85. The van der Waals surface area contributed by atoms with E-state index in [1.807, 2.05) is 0 Å². The maximum Gasteiger partial charge on any atom is 0.217 e. The number of ether oxygens (including phenoxy) is 10. The Morgan fingerprint density at radius 2 is 0.913 bits per heavy atom. The topological polar surface area (TPSA) is 506 Å². The van der Waals surface area contributed by atoms with E-state index in [0.717, 1.165) is 6.92 Å². The number of aliphatic hydroxyl groups is 19. The third-order valence-electron chi connectivity index (χ3n) is 12.4. The van der Waals surface area contributed by atoms with Crippen LogP contribution in [-0.4, -0.2) is 320 Å². The molecule has 20 N–H and O–H groups in total. The molecule has 0 aromatic carbocycles. The lowest BCUT2D eigenvalue weighted by molar-refractivity contribution is -0.405. The summed E-state index contributed by atoms with van der Waals surface area (Å²) in [5, 5.41) is 203. The molecular weight excluding hydrogens is 950 g/mol. The maximum atomic E-state index is 12.6. The molecule has 0 aliphatic carbocycles. The fourth-order valence-electron chi connectivity index (χ4n) is 8.43. The maximum absolute atomic E-state index is 12.6. The summed E-state index contributed by atoms with van der Waals surface area (Å²) >= 11 is 0. The van der Waals surface area contributed by atoms with Crippen molar-refractivity contribution in [1.82, 2.24) is 5.32 Å². The predicted octanol–water partition coefficient (Wildman–Crippen LogP) is -13.3. The van der Waals surface area contributed by atoms with Crippen LogP contribution in [0.15, 0.2) is 0 Å². The first kappa shape index (κ1) is 58.2. The summed E-state index contributed by atoms with van der Waals surface area (Å²) in [7, 11) is 0. The number of rotatable bonds is 20. The van der Waals surface area contributed by atoms with Gasteiger partial charge in [0.05, 0.1) is 45.7 Å². The molecule has 5 heterocycles. The largest absolute Gasteiger partial charge is 0.394 e. The number of amides is 1. The minimum absolute atomic E-state index is 0.887. The van der Waals surface area contributed by atoms with Crippen molar-refractivity contribution in [3.05, 3.63) is 0 Å². The van der Waals surface area contributed by atoms with E-state index >= 15 is 0 Å². The molecule has 69 heavy (non-hydrogen) atoms. The Hall–Kier alpha value is -1.69. The number of carbonyl (C=O) groups is 1. The van der Waals surface area contributed by atoms with Gasteiger partial charge in [0.25, 0.3) is 0 Å². The Morgan fingerprint density at radius 1 is 0.464 bits per heavy atom. The molecule has 0 aromatic rings. The number of aliphatic hydroxyl groups excluding tert-OH is 19. The van der Waals surface area contributed by atoms with Crippen LogP contribution in [0.2, 0.25) is 0 Å². The van der Waals surface area contributed by atoms with Gasteiger partial charge in [-0.15, -0.1) is 0 Å². The zero-order chi connectivity index (χ0) is 51.3. The first-order valence-corrected chi connectivity index (χ1v) is 21.9. The van der Waals surface area contributed by atoms with E-state index in [0.29, 0.717) is 0 Å². The molecule has 0 bridgehead atoms. The van der Waals surface area contributed by atoms with E-state index in [-0.39, 0.29) is 0 Å². The van der Waals surface area contributed by atoms with Gasteiger partial charge in [-0.2, -0.15) is 0 Å². The van der Waals surface area contributed by atoms with Crippen molar-refractivity contribution in [2.75, 3.05) is 39.6 Å². The van der Waals surface area contributed by atoms with Gasteiger partial charge in [0.2, 0.25) is 5.91 Å². The summed E-state index contributed by atoms with van der Waals surface area (Å²) in [6.45, 7) is -3.99. The van der Waals surface area contributed by atoms with Crippen LogP contribution >= 0.6 is 0 Å². The molecular formula is C38H67NO30. The van der Waals surface area contributed by atoms with E-state index in [1.165, 1.54) is 6.92 Å². The van der Waals surface area contributed by atoms with E-state index in [4.69, 9.17) is 47.4 Å². The van der Waals surface area contributed by atoms with Gasteiger partial charge in [0, 0.05) is 6.92 Å². The Kier molecular flexibility index (Phi) is 21.5. The zero-order valence-corrected chi connectivity index (χ0v) is 37.0. The summed E-state index contributed by atoms with van der Waals surface area (Å²) in [5.41, 5.74) is 0. The van der Waals surface area contributed by atoms with Crippen molar-refractivity contribution < 1.29 is 149 Å². The van der Waals surface area contributed by atoms with Gasteiger partial charge in [0.15, 0.2) is 31.5 Å². The van der Waals surface area contributed by atoms with E-state index in [9.17, 15) is 102 Å². The molecule has 0 aromatic heterocycles. The third kappa shape index (κ3) is 12.8. The van der Waals surface area contributed by atoms with Gasteiger partial charge in [-0.3, -0.25) is 4.79 Å². The van der Waals surface area contributed by atoms with E-state index < -0.39 is 223 Å². The second-order valence-electron chi connectivity index (χ2n) is 17.2. The summed E-state index contributed by atoms with van der Waals surface area (Å²) in [4.78, 5) is 12.6. The standard InChI is InChI=1S/C38H67NO30/c1-9-18(49)24(55)26(57)35(60-9)69-33-32(68-36-27(58)25(56)20(51)13(5-42)61-36)22(53)15(7-44)63-38(33)66-30-16(8-45)64-34(17(23(30)54)39-10(2)46)67-31-21(52)14(6-43)62-37(28(31)59)65-29(12(48)4-41)19(50)11(47)3-40/h9,11-38,40-45,47-59H,3-8H2,1-2H3,(H,39,46)/t9-,11-,12+,13+,14+,15+,16+,17+,18+,19+,20-,21-,22-,23+,24+,25-,26-,27+,28+,29+,30+,31-,32-,33+,34-,35-,36+,37-,38-/m0/s1. The van der Waals surface area contributed by atoms with Crippen LogP contribution in [0.4, 0.5) is 0 Å². The van der Waals surface area contributed by atoms with Crippen molar-refractivity contribution in [3.63, 3.8) is 0 Å². The molecule has 5 aliphatic heterocycles. The minimum Gasteiger partial charge on any atom is -0.394 e. The fraction of sp³-hybridized carbons (Fsp3) is 0.974. The highest BCUT2D eigenvalue weighted by Gasteiger charge is 2.58. The molecule has 0 radical (unpaired) electrons. The first-order valence-electron chi connectivity index (χ1n) is 21.9. The van der Waals surface area contributed by atoms with Gasteiger partial charge in [-0.25, -0.2) is 0 Å². The second kappa shape index (κ2) is 25.5. The molecule has 5 rings (SSSR count). The van der Waals surface area contributed by atoms with Crippen LogP contribution in [0.5, 0.6) is 0 Å². The fourth-order valence-corrected chi connectivity index (χ4v) is 8.43. The number of nitrogens with one attached hydrogen (secondary N) is 1. The van der Waals surface area contributed by atoms with Gasteiger partial charge >= 0.3 is 0 Å². The van der Waals surface area contributed by atoms with Crippen LogP contribution in [-0.2, 0) is 52.2 Å². The number of hydrogen-bond donors (Lipinski definition) is 20. The van der Waals surface area contributed by atoms with Crippen LogP contribution < -0.4 is 5.32 Å². The molecule has 0 spiro atoms. The molecule has 5 fully saturated rings. The molecule has 0 unspecified atom stereocenters. The van der Waals surface area contributed by atoms with Crippen molar-refractivity contribution in [3.8, 4) is 0 Å². The van der Waals surface area contributed by atoms with E-state index in [2.05, 4.69) is 5.32 Å². The monoisotopic (exact) mass is 1020 g/mol. The average molecular weight is 1020 g/mol. The van der Waals surface area contributed by atoms with Gasteiger partial charge in [-0.05, 0) is 6.92 Å². The Labute approximate surface area is 391 Å². The Morgan fingerprint density at radius 3 is 1.46 bits per heavy atom. The Balaban J connectivity index is 1.48. The predicted molar refractivity (Wildman–Crippen MR) is 212 cm³/mol. The van der Waals surface area contributed by atoms with Crippen LogP contribution in [0.25, 0.3) is 0 Å². The lowest BCUT2D eigenvalue weighted by Crippen LogP contribution is -2.70. The third-order valence-corrected chi connectivity index (χ3v) is 12.4. The average Bonchev–Trinajstić information content (AvgIpc) is 3.33. The highest BCUT2D eigenvalue weighted by Crippen LogP contribution is 2.37. The van der Waals surface area contributed by atoms with Crippen molar-refractivity contribution in [1.29, 1.82) is 0 Å². The molecule has 29 atom stereocenters. The SMILES string of the molecule is CC(=O)N[C@H]1[C@H](O[C@H]2[C@@H](O)[C@@H](CO)O[C@@H](O[C@@H]([C@H](O)[C@@H](O)CO)[C@H](O)CO)[C@@H]2O)O[C@H](CO)[C@@H](O[C@@H]2O[C@H](CO)[C@H](O)[C@H](O[C@H]3O[C@H](CO)[C@H](O)[C@H](O)[C@H]3O)[C@H]2O[C@@H]2O[C@@H](C)[C@@H](O)[C@@H](O)[C@@H]2O)[C@@H]1O. The van der Waals surface area contributed by atoms with Gasteiger partial charge in [-0.1, -0.05) is 0 Å². The molecule has 1 amide bonds. The minimum atomic E-state index is -2.22. The number of carbonyl (C=O) groups excluding carboxylic acids is 1. The van der Waals surface area contributed by atoms with Gasteiger partial charge < -0.3 is 150 Å². The van der Waals surface area contributed by atoms with Crippen molar-refractivity contribution >= 4 is 5.91 Å². The highest BCUT2D eigenvalue weighted by molar-refractivity contribution is 5.73. The molecule has 0 saturated carbocycles. The quantitative estimate of drug-likeness (QED) is 0.0538. The summed E-state index contributed by atoms with van der Waals surface area (Å²) in [5.74, 6) is -0.887. The molecule has 31 heteroatoms. The van der Waals surface area contributed by atoms with Crippen LogP contribution in [0, 0.1) is 0 Å².